The van der Waals surface area contributed by atoms with Crippen molar-refractivity contribution in [2.75, 3.05) is 43.6 Å². The second-order valence-corrected chi connectivity index (χ2v) is 6.25. The molecule has 28 heavy (non-hydrogen) atoms. The largest absolute Gasteiger partial charge is 0.491 e. The molecule has 0 heterocycles. The average molecular weight is 384 g/mol. The molecule has 1 amide bonds. The van der Waals surface area contributed by atoms with Crippen LogP contribution < -0.4 is 20.1 Å². The number of carbonyl (C=O) groups is 1. The third kappa shape index (κ3) is 8.14. The van der Waals surface area contributed by atoms with E-state index in [1.807, 2.05) is 50.2 Å². The molecule has 0 aliphatic heterocycles. The number of nitrogens with one attached hydrogen (secondary N) is 2. The topological polar surface area (TPSA) is 68.8 Å². The summed E-state index contributed by atoms with van der Waals surface area (Å²) in [5, 5.41) is 5.94. The van der Waals surface area contributed by atoms with Gasteiger partial charge in [-0.25, -0.2) is 0 Å². The van der Waals surface area contributed by atoms with Crippen LogP contribution in [0.1, 0.15) is 13.8 Å². The molecule has 0 unspecified atom stereocenters. The smallest absolute Gasteiger partial charge is 0.243 e. The number of amides is 1. The first kappa shape index (κ1) is 21.3. The van der Waals surface area contributed by atoms with Crippen LogP contribution in [0.25, 0.3) is 0 Å². The Kier molecular flexibility index (Phi) is 8.88. The zero-order valence-electron chi connectivity index (χ0n) is 16.5. The van der Waals surface area contributed by atoms with Crippen LogP contribution in [0.15, 0.2) is 60.7 Å². The summed E-state index contributed by atoms with van der Waals surface area (Å²) in [4.78, 5) is 12.2. The fraction of sp³-hybridized carbons (Fsp3) is 0.318. The summed E-state index contributed by atoms with van der Waals surface area (Å²) in [6.45, 7) is 10.0. The molecule has 2 aromatic rings. The average Bonchev–Trinajstić information content (AvgIpc) is 2.70. The van der Waals surface area contributed by atoms with E-state index in [0.717, 1.165) is 22.8 Å². The lowest BCUT2D eigenvalue weighted by Crippen LogP contribution is -2.21. The summed E-state index contributed by atoms with van der Waals surface area (Å²) in [7, 11) is 0. The minimum absolute atomic E-state index is 0.140. The van der Waals surface area contributed by atoms with Crippen molar-refractivity contribution in [1.29, 1.82) is 0 Å². The van der Waals surface area contributed by atoms with Crippen LogP contribution in [-0.4, -0.2) is 38.9 Å². The maximum Gasteiger partial charge on any atom is 0.243 e. The van der Waals surface area contributed by atoms with Crippen LogP contribution in [0.5, 0.6) is 11.5 Å². The molecule has 0 aliphatic carbocycles. The fourth-order valence-corrected chi connectivity index (χ4v) is 2.29. The number of benzene rings is 2. The molecular formula is C22H28N2O4. The highest BCUT2D eigenvalue weighted by atomic mass is 16.5. The van der Waals surface area contributed by atoms with E-state index in [2.05, 4.69) is 17.2 Å². The van der Waals surface area contributed by atoms with Crippen molar-refractivity contribution in [3.63, 3.8) is 0 Å². The zero-order valence-corrected chi connectivity index (χ0v) is 16.5. The van der Waals surface area contributed by atoms with Crippen molar-refractivity contribution in [2.45, 2.75) is 13.8 Å². The van der Waals surface area contributed by atoms with Gasteiger partial charge in [-0.2, -0.15) is 0 Å². The lowest BCUT2D eigenvalue weighted by Gasteiger charge is -2.11. The first-order valence-corrected chi connectivity index (χ1v) is 9.28. The predicted molar refractivity (Wildman–Crippen MR) is 112 cm³/mol. The molecule has 2 rings (SSSR count). The molecule has 6 heteroatoms. The van der Waals surface area contributed by atoms with E-state index in [1.165, 1.54) is 0 Å². The van der Waals surface area contributed by atoms with E-state index >= 15 is 0 Å². The van der Waals surface area contributed by atoms with Crippen molar-refractivity contribution < 1.29 is 19.0 Å². The van der Waals surface area contributed by atoms with Gasteiger partial charge in [0.25, 0.3) is 0 Å². The van der Waals surface area contributed by atoms with Crippen molar-refractivity contribution in [1.82, 2.24) is 0 Å². The lowest BCUT2D eigenvalue weighted by atomic mass is 10.3. The molecule has 6 nitrogen and oxygen atoms in total. The Labute approximate surface area is 166 Å². The molecule has 0 aromatic heterocycles. The quantitative estimate of drug-likeness (QED) is 0.426. The number of hydrogen-bond acceptors (Lipinski definition) is 5. The van der Waals surface area contributed by atoms with Gasteiger partial charge in [-0.1, -0.05) is 12.6 Å². The molecule has 0 saturated heterocycles. The molecule has 2 N–H and O–H groups in total. The minimum atomic E-state index is -0.140. The highest BCUT2D eigenvalue weighted by Gasteiger charge is 2.04. The predicted octanol–water partition coefficient (Wildman–Crippen LogP) is 4.11. The van der Waals surface area contributed by atoms with Gasteiger partial charge in [0.15, 0.2) is 0 Å². The van der Waals surface area contributed by atoms with Crippen LogP contribution >= 0.6 is 0 Å². The van der Waals surface area contributed by atoms with E-state index < -0.39 is 0 Å². The molecule has 0 bridgehead atoms. The van der Waals surface area contributed by atoms with Crippen molar-refractivity contribution in [3.8, 4) is 11.5 Å². The minimum Gasteiger partial charge on any atom is -0.491 e. The maximum absolute atomic E-state index is 12.2. The van der Waals surface area contributed by atoms with E-state index in [4.69, 9.17) is 14.2 Å². The first-order valence-electron chi connectivity index (χ1n) is 9.28. The first-order chi connectivity index (χ1) is 13.6. The van der Waals surface area contributed by atoms with Gasteiger partial charge < -0.3 is 24.8 Å². The van der Waals surface area contributed by atoms with Crippen molar-refractivity contribution in [3.05, 3.63) is 60.7 Å². The van der Waals surface area contributed by atoms with Crippen LogP contribution in [0, 0.1) is 0 Å². The molecule has 0 aliphatic rings. The van der Waals surface area contributed by atoms with Gasteiger partial charge in [0.2, 0.25) is 5.91 Å². The molecule has 0 fully saturated rings. The van der Waals surface area contributed by atoms with Crippen molar-refractivity contribution in [2.24, 2.45) is 0 Å². The van der Waals surface area contributed by atoms with Crippen LogP contribution in [0.2, 0.25) is 0 Å². The summed E-state index contributed by atoms with van der Waals surface area (Å²) >= 11 is 0. The standard InChI is InChI=1S/C22H28N2O4/c1-4-26-12-13-27-20-10-8-18(9-11-20)24-22(25)15-23-19-6-5-7-21(14-19)28-16-17(2)3/h5-11,14,23H,2,4,12-13,15-16H2,1,3H3,(H,24,25). The Morgan fingerprint density at radius 1 is 1.00 bits per heavy atom. The Hall–Kier alpha value is -2.99. The van der Waals surface area contributed by atoms with Gasteiger partial charge in [-0.15, -0.1) is 0 Å². The highest BCUT2D eigenvalue weighted by Crippen LogP contribution is 2.18. The third-order valence-electron chi connectivity index (χ3n) is 3.61. The molecule has 150 valence electrons. The molecule has 0 radical (unpaired) electrons. The number of hydrogen-bond donors (Lipinski definition) is 2. The van der Waals surface area contributed by atoms with E-state index in [1.54, 1.807) is 12.1 Å². The summed E-state index contributed by atoms with van der Waals surface area (Å²) in [6, 6.07) is 14.7. The summed E-state index contributed by atoms with van der Waals surface area (Å²) in [6.07, 6.45) is 0. The molecular weight excluding hydrogens is 356 g/mol. The monoisotopic (exact) mass is 384 g/mol. The summed E-state index contributed by atoms with van der Waals surface area (Å²) in [5.74, 6) is 1.33. The number of anilines is 2. The number of ether oxygens (including phenoxy) is 3. The molecule has 2 aromatic carbocycles. The van der Waals surface area contributed by atoms with Gasteiger partial charge in [-0.3, -0.25) is 4.79 Å². The van der Waals surface area contributed by atoms with Gasteiger partial charge >= 0.3 is 0 Å². The Bertz CT molecular complexity index is 759. The van der Waals surface area contributed by atoms with Gasteiger partial charge in [0.05, 0.1) is 13.2 Å². The second kappa shape index (κ2) is 11.7. The highest BCUT2D eigenvalue weighted by molar-refractivity contribution is 5.93. The van der Waals surface area contributed by atoms with E-state index in [9.17, 15) is 4.79 Å². The lowest BCUT2D eigenvalue weighted by molar-refractivity contribution is -0.114. The SMILES string of the molecule is C=C(C)COc1cccc(NCC(=O)Nc2ccc(OCCOCC)cc2)c1. The van der Waals surface area contributed by atoms with E-state index in [-0.39, 0.29) is 12.5 Å². The van der Waals surface area contributed by atoms with Gasteiger partial charge in [0, 0.05) is 24.0 Å². The zero-order chi connectivity index (χ0) is 20.2. The van der Waals surface area contributed by atoms with Gasteiger partial charge in [-0.05, 0) is 55.8 Å². The molecule has 0 spiro atoms. The van der Waals surface area contributed by atoms with Gasteiger partial charge in [0.1, 0.15) is 24.7 Å². The molecule has 0 saturated carbocycles. The number of carbonyl (C=O) groups excluding carboxylic acids is 1. The van der Waals surface area contributed by atoms with Crippen LogP contribution in [0.3, 0.4) is 0 Å². The Balaban J connectivity index is 1.76. The van der Waals surface area contributed by atoms with Crippen molar-refractivity contribution >= 4 is 17.3 Å². The van der Waals surface area contributed by atoms with E-state index in [0.29, 0.717) is 32.1 Å². The van der Waals surface area contributed by atoms with Crippen LogP contribution in [0.4, 0.5) is 11.4 Å². The Morgan fingerprint density at radius 3 is 2.50 bits per heavy atom. The maximum atomic E-state index is 12.2. The molecule has 0 atom stereocenters. The second-order valence-electron chi connectivity index (χ2n) is 6.25. The summed E-state index contributed by atoms with van der Waals surface area (Å²) < 4.78 is 16.4. The van der Waals surface area contributed by atoms with Crippen LogP contribution in [-0.2, 0) is 9.53 Å². The number of rotatable bonds is 12. The Morgan fingerprint density at radius 2 is 1.79 bits per heavy atom. The third-order valence-corrected chi connectivity index (χ3v) is 3.61. The normalized spacial score (nSPS) is 10.2. The fourth-order valence-electron chi connectivity index (χ4n) is 2.29. The summed E-state index contributed by atoms with van der Waals surface area (Å²) in [5.41, 5.74) is 2.47.